The molecular weight excluding hydrogens is 368 g/mol. The van der Waals surface area contributed by atoms with E-state index in [2.05, 4.69) is 13.0 Å². The molecule has 1 aromatic rings. The van der Waals surface area contributed by atoms with Gasteiger partial charge in [-0.1, -0.05) is 50.5 Å². The molecule has 1 fully saturated rings. The summed E-state index contributed by atoms with van der Waals surface area (Å²) in [6.45, 7) is 1.52. The number of benzene rings is 1. The normalized spacial score (nSPS) is 26.9. The molecule has 0 saturated heterocycles. The molecule has 0 aliphatic heterocycles. The minimum Gasteiger partial charge on any atom is -0.485 e. The lowest BCUT2D eigenvalue weighted by Gasteiger charge is -2.31. The molecule has 2 aliphatic rings. The van der Waals surface area contributed by atoms with Crippen LogP contribution in [0.15, 0.2) is 30.4 Å². The number of ketones is 1. The highest BCUT2D eigenvalue weighted by atomic mass is 16.5. The third kappa shape index (κ3) is 5.47. The second-order valence-electron chi connectivity index (χ2n) is 8.54. The Morgan fingerprint density at radius 2 is 2.14 bits per heavy atom. The van der Waals surface area contributed by atoms with Crippen molar-refractivity contribution >= 4 is 5.78 Å². The maximum atomic E-state index is 11.4. The van der Waals surface area contributed by atoms with Crippen LogP contribution in [-0.4, -0.2) is 46.5 Å². The number of aliphatic hydroxyl groups is 3. The van der Waals surface area contributed by atoms with Crippen LogP contribution < -0.4 is 4.74 Å². The van der Waals surface area contributed by atoms with E-state index >= 15 is 0 Å². The van der Waals surface area contributed by atoms with Gasteiger partial charge in [-0.3, -0.25) is 4.79 Å². The van der Waals surface area contributed by atoms with Crippen LogP contribution in [0.1, 0.15) is 50.2 Å². The van der Waals surface area contributed by atoms with Crippen molar-refractivity contribution in [3.63, 3.8) is 0 Å². The number of hydrogen-bond acceptors (Lipinski definition) is 5. The molecule has 0 amide bonds. The van der Waals surface area contributed by atoms with Gasteiger partial charge < -0.3 is 20.1 Å². The van der Waals surface area contributed by atoms with Gasteiger partial charge >= 0.3 is 0 Å². The first-order valence-electron chi connectivity index (χ1n) is 10.9. The van der Waals surface area contributed by atoms with Crippen LogP contribution in [-0.2, 0) is 17.6 Å². The quantitative estimate of drug-likeness (QED) is 0.414. The molecule has 1 aromatic carbocycles. The molecule has 5 atom stereocenters. The maximum absolute atomic E-state index is 11.4. The van der Waals surface area contributed by atoms with Crippen molar-refractivity contribution in [2.75, 3.05) is 13.2 Å². The molecule has 0 unspecified atom stereocenters. The number of unbranched alkanes of at least 4 members (excludes halogenated alkanes) is 2. The second kappa shape index (κ2) is 10.4. The summed E-state index contributed by atoms with van der Waals surface area (Å²) in [7, 11) is 0. The van der Waals surface area contributed by atoms with E-state index in [0.717, 1.165) is 50.5 Å². The van der Waals surface area contributed by atoms with Gasteiger partial charge in [0.05, 0.1) is 12.2 Å². The monoisotopic (exact) mass is 402 g/mol. The molecule has 0 radical (unpaired) electrons. The smallest absolute Gasteiger partial charge is 0.195 e. The zero-order valence-corrected chi connectivity index (χ0v) is 17.3. The van der Waals surface area contributed by atoms with Crippen LogP contribution in [0.2, 0.25) is 0 Å². The number of carbonyl (C=O) groups excluding carboxylic acids is 1. The van der Waals surface area contributed by atoms with Crippen molar-refractivity contribution in [3.8, 4) is 5.75 Å². The Balaban J connectivity index is 1.68. The van der Waals surface area contributed by atoms with E-state index in [-0.39, 0.29) is 18.3 Å². The van der Waals surface area contributed by atoms with Crippen molar-refractivity contribution in [1.82, 2.24) is 0 Å². The predicted octanol–water partition coefficient (Wildman–Crippen LogP) is 2.84. The first-order chi connectivity index (χ1) is 14.0. The lowest BCUT2D eigenvalue weighted by atomic mass is 9.74. The molecule has 160 valence electrons. The maximum Gasteiger partial charge on any atom is 0.195 e. The Bertz CT molecular complexity index is 713. The first kappa shape index (κ1) is 22.0. The van der Waals surface area contributed by atoms with Crippen LogP contribution in [0.3, 0.4) is 0 Å². The highest BCUT2D eigenvalue weighted by Gasteiger charge is 2.44. The lowest BCUT2D eigenvalue weighted by Crippen LogP contribution is -2.26. The Morgan fingerprint density at radius 3 is 2.90 bits per heavy atom. The Labute approximate surface area is 173 Å². The lowest BCUT2D eigenvalue weighted by molar-refractivity contribution is -0.123. The van der Waals surface area contributed by atoms with Crippen molar-refractivity contribution in [1.29, 1.82) is 0 Å². The summed E-state index contributed by atoms with van der Waals surface area (Å²) in [5.41, 5.74) is 2.33. The van der Waals surface area contributed by atoms with E-state index in [1.807, 2.05) is 24.3 Å². The van der Waals surface area contributed by atoms with Gasteiger partial charge in [-0.05, 0) is 54.7 Å². The number of carbonyl (C=O) groups is 1. The third-order valence-corrected chi connectivity index (χ3v) is 6.46. The Hall–Kier alpha value is -1.69. The van der Waals surface area contributed by atoms with Gasteiger partial charge in [-0.2, -0.15) is 0 Å². The highest BCUT2D eigenvalue weighted by molar-refractivity contribution is 5.80. The van der Waals surface area contributed by atoms with E-state index < -0.39 is 18.8 Å². The summed E-state index contributed by atoms with van der Waals surface area (Å²) in [5.74, 6) is 1.15. The van der Waals surface area contributed by atoms with Gasteiger partial charge in [-0.15, -0.1) is 0 Å². The standard InChI is InChI=1S/C24H34O5/c1-2-3-4-7-18(26)9-10-20-21-11-16-6-5-8-24(29-15-19(27)14-25)22(16)12-17(21)13-23(20)28/h5-6,8-10,17-18,20-21,23,25-26,28H,2-4,7,11-15H2,1H3/t17-,18-,20+,21-,23+/m0/s1. The largest absolute Gasteiger partial charge is 0.485 e. The zero-order valence-electron chi connectivity index (χ0n) is 17.3. The fraction of sp³-hybridized carbons (Fsp3) is 0.625. The summed E-state index contributed by atoms with van der Waals surface area (Å²) in [4.78, 5) is 11.4. The summed E-state index contributed by atoms with van der Waals surface area (Å²) in [5, 5.41) is 29.8. The molecule has 0 bridgehead atoms. The van der Waals surface area contributed by atoms with Crippen LogP contribution in [0.4, 0.5) is 0 Å². The Kier molecular flexibility index (Phi) is 7.87. The van der Waals surface area contributed by atoms with Gasteiger partial charge in [-0.25, -0.2) is 0 Å². The zero-order chi connectivity index (χ0) is 20.8. The van der Waals surface area contributed by atoms with Crippen molar-refractivity contribution in [2.24, 2.45) is 17.8 Å². The fourth-order valence-corrected chi connectivity index (χ4v) is 4.90. The fourth-order valence-electron chi connectivity index (χ4n) is 4.90. The summed E-state index contributed by atoms with van der Waals surface area (Å²) < 4.78 is 5.67. The molecule has 3 N–H and O–H groups in total. The van der Waals surface area contributed by atoms with Gasteiger partial charge in [0.1, 0.15) is 19.0 Å². The molecule has 29 heavy (non-hydrogen) atoms. The molecule has 3 rings (SSSR count). The SMILES string of the molecule is CCCCC[C@H](O)C=C[C@@H]1[C@H]2Cc3cccc(OCC(=O)CO)c3C[C@H]2C[C@H]1O. The minimum atomic E-state index is -0.510. The van der Waals surface area contributed by atoms with Crippen molar-refractivity contribution in [2.45, 2.75) is 64.1 Å². The van der Waals surface area contributed by atoms with Crippen LogP contribution in [0.5, 0.6) is 5.75 Å². The van der Waals surface area contributed by atoms with Crippen molar-refractivity contribution < 1.29 is 24.9 Å². The number of aliphatic hydroxyl groups excluding tert-OH is 3. The Morgan fingerprint density at radius 1 is 1.31 bits per heavy atom. The molecule has 2 aliphatic carbocycles. The third-order valence-electron chi connectivity index (χ3n) is 6.46. The molecule has 0 heterocycles. The second-order valence-corrected chi connectivity index (χ2v) is 8.54. The first-order valence-corrected chi connectivity index (χ1v) is 10.9. The summed E-state index contributed by atoms with van der Waals surface area (Å²) in [6, 6.07) is 5.90. The van der Waals surface area contributed by atoms with Gasteiger partial charge in [0.2, 0.25) is 0 Å². The van der Waals surface area contributed by atoms with Crippen molar-refractivity contribution in [3.05, 3.63) is 41.5 Å². The molecule has 5 heteroatoms. The van der Waals surface area contributed by atoms with Gasteiger partial charge in [0.25, 0.3) is 0 Å². The van der Waals surface area contributed by atoms with Crippen LogP contribution in [0, 0.1) is 17.8 Å². The summed E-state index contributed by atoms with van der Waals surface area (Å²) >= 11 is 0. The molecular formula is C24H34O5. The number of ether oxygens (including phenoxy) is 1. The van der Waals surface area contributed by atoms with E-state index in [1.54, 1.807) is 0 Å². The van der Waals surface area contributed by atoms with Gasteiger partial charge in [0.15, 0.2) is 5.78 Å². The number of rotatable bonds is 10. The number of hydrogen-bond donors (Lipinski definition) is 3. The van der Waals surface area contributed by atoms with E-state index in [0.29, 0.717) is 17.6 Å². The van der Waals surface area contributed by atoms with E-state index in [9.17, 15) is 15.0 Å². The molecule has 0 spiro atoms. The average molecular weight is 403 g/mol. The molecule has 1 saturated carbocycles. The van der Waals surface area contributed by atoms with Gasteiger partial charge in [0, 0.05) is 5.92 Å². The minimum absolute atomic E-state index is 0.0644. The molecule has 5 nitrogen and oxygen atoms in total. The van der Waals surface area contributed by atoms with Crippen LogP contribution >= 0.6 is 0 Å². The highest BCUT2D eigenvalue weighted by Crippen LogP contribution is 2.47. The predicted molar refractivity (Wildman–Crippen MR) is 112 cm³/mol. The average Bonchev–Trinajstić information content (AvgIpc) is 3.02. The summed E-state index contributed by atoms with van der Waals surface area (Å²) in [6.07, 6.45) is 9.59. The van der Waals surface area contributed by atoms with Crippen LogP contribution in [0.25, 0.3) is 0 Å². The van der Waals surface area contributed by atoms with E-state index in [1.165, 1.54) is 5.56 Å². The number of Topliss-reactive ketones (excluding diaryl/α,β-unsaturated/α-hetero) is 1. The van der Waals surface area contributed by atoms with E-state index in [4.69, 9.17) is 9.84 Å². The topological polar surface area (TPSA) is 87.0 Å². The molecule has 0 aromatic heterocycles. The number of fused-ring (bicyclic) bond motifs is 2.